The summed E-state index contributed by atoms with van der Waals surface area (Å²) in [4.78, 5) is 39.7. The highest BCUT2D eigenvalue weighted by Crippen LogP contribution is 2.35. The number of amides is 4. The Bertz CT molecular complexity index is 451. The van der Waals surface area contributed by atoms with Crippen molar-refractivity contribution < 1.29 is 14.4 Å². The van der Waals surface area contributed by atoms with E-state index in [0.29, 0.717) is 25.9 Å². The zero-order valence-corrected chi connectivity index (χ0v) is 14.2. The number of urea groups is 1. The fraction of sp³-hybridized carbons (Fsp3) is 0.786. The van der Waals surface area contributed by atoms with Gasteiger partial charge in [0.25, 0.3) is 5.91 Å². The van der Waals surface area contributed by atoms with Gasteiger partial charge in [-0.15, -0.1) is 12.4 Å². The Morgan fingerprint density at radius 3 is 2.55 bits per heavy atom. The van der Waals surface area contributed by atoms with Crippen molar-refractivity contribution in [1.29, 1.82) is 0 Å². The summed E-state index contributed by atoms with van der Waals surface area (Å²) in [5, 5.41) is 5.77. The SMILES string of the molecule is CNCCN(C)C(=O)C(C)N1C(=O)NC2(CCCC2)C1=O.Cl. The number of imide groups is 1. The maximum Gasteiger partial charge on any atom is 0.325 e. The van der Waals surface area contributed by atoms with Crippen LogP contribution >= 0.6 is 12.4 Å². The molecule has 2 rings (SSSR count). The van der Waals surface area contributed by atoms with Gasteiger partial charge < -0.3 is 15.5 Å². The molecule has 8 heteroatoms. The molecule has 0 radical (unpaired) electrons. The second-order valence-electron chi connectivity index (χ2n) is 5.93. The number of halogens is 1. The molecular formula is C14H25ClN4O3. The third kappa shape index (κ3) is 3.20. The quantitative estimate of drug-likeness (QED) is 0.711. The van der Waals surface area contributed by atoms with Crippen LogP contribution in [0.1, 0.15) is 32.6 Å². The second kappa shape index (κ2) is 7.28. The van der Waals surface area contributed by atoms with E-state index in [0.717, 1.165) is 17.7 Å². The molecule has 7 nitrogen and oxygen atoms in total. The van der Waals surface area contributed by atoms with Crippen LogP contribution in [0.2, 0.25) is 0 Å². The number of carbonyl (C=O) groups is 3. The summed E-state index contributed by atoms with van der Waals surface area (Å²) in [6.45, 7) is 2.82. The number of hydrogen-bond acceptors (Lipinski definition) is 4. The normalized spacial score (nSPS) is 20.8. The molecule has 1 aliphatic heterocycles. The van der Waals surface area contributed by atoms with E-state index in [9.17, 15) is 14.4 Å². The van der Waals surface area contributed by atoms with E-state index in [1.807, 2.05) is 7.05 Å². The molecule has 2 fully saturated rings. The molecule has 1 spiro atoms. The smallest absolute Gasteiger partial charge is 0.325 e. The molecule has 0 aromatic carbocycles. The molecule has 1 unspecified atom stereocenters. The van der Waals surface area contributed by atoms with Crippen molar-refractivity contribution in [3.05, 3.63) is 0 Å². The lowest BCUT2D eigenvalue weighted by molar-refractivity contribution is -0.142. The fourth-order valence-electron chi connectivity index (χ4n) is 3.13. The summed E-state index contributed by atoms with van der Waals surface area (Å²) in [6, 6.07) is -1.20. The lowest BCUT2D eigenvalue weighted by Gasteiger charge is -2.27. The summed E-state index contributed by atoms with van der Waals surface area (Å²) in [7, 11) is 3.49. The van der Waals surface area contributed by atoms with Crippen LogP contribution in [0.25, 0.3) is 0 Å². The predicted octanol–water partition coefficient (Wildman–Crippen LogP) is 0.339. The Hall–Kier alpha value is -1.34. The first-order valence-corrected chi connectivity index (χ1v) is 7.48. The molecule has 1 atom stereocenters. The van der Waals surface area contributed by atoms with E-state index in [2.05, 4.69) is 10.6 Å². The number of likely N-dealkylation sites (N-methyl/N-ethyl adjacent to an activating group) is 2. The van der Waals surface area contributed by atoms with Gasteiger partial charge in [-0.05, 0) is 26.8 Å². The number of carbonyl (C=O) groups excluding carboxylic acids is 3. The van der Waals surface area contributed by atoms with Gasteiger partial charge in [0.15, 0.2) is 0 Å². The molecular weight excluding hydrogens is 308 g/mol. The van der Waals surface area contributed by atoms with Gasteiger partial charge in [-0.1, -0.05) is 12.8 Å². The number of nitrogens with one attached hydrogen (secondary N) is 2. The first kappa shape index (κ1) is 18.7. The highest BCUT2D eigenvalue weighted by molar-refractivity contribution is 6.09. The highest BCUT2D eigenvalue weighted by atomic mass is 35.5. The minimum atomic E-state index is -0.765. The lowest BCUT2D eigenvalue weighted by Crippen LogP contribution is -2.51. The average Bonchev–Trinajstić information content (AvgIpc) is 3.01. The lowest BCUT2D eigenvalue weighted by atomic mass is 9.97. The van der Waals surface area contributed by atoms with E-state index in [4.69, 9.17) is 0 Å². The van der Waals surface area contributed by atoms with Crippen LogP contribution in [-0.4, -0.2) is 66.4 Å². The molecule has 1 saturated carbocycles. The second-order valence-corrected chi connectivity index (χ2v) is 5.93. The van der Waals surface area contributed by atoms with E-state index >= 15 is 0 Å². The predicted molar refractivity (Wildman–Crippen MR) is 84.9 cm³/mol. The highest BCUT2D eigenvalue weighted by Gasteiger charge is 2.54. The number of rotatable bonds is 5. The first-order valence-electron chi connectivity index (χ1n) is 7.48. The van der Waals surface area contributed by atoms with Gasteiger partial charge in [0.05, 0.1) is 0 Å². The van der Waals surface area contributed by atoms with Crippen molar-refractivity contribution in [3.63, 3.8) is 0 Å². The van der Waals surface area contributed by atoms with Gasteiger partial charge in [-0.2, -0.15) is 0 Å². The summed E-state index contributed by atoms with van der Waals surface area (Å²) in [5.74, 6) is -0.461. The fourth-order valence-corrected chi connectivity index (χ4v) is 3.13. The van der Waals surface area contributed by atoms with E-state index in [1.54, 1.807) is 18.9 Å². The van der Waals surface area contributed by atoms with E-state index < -0.39 is 17.6 Å². The van der Waals surface area contributed by atoms with Crippen molar-refractivity contribution in [1.82, 2.24) is 20.4 Å². The van der Waals surface area contributed by atoms with Gasteiger partial charge in [0.1, 0.15) is 11.6 Å². The Morgan fingerprint density at radius 1 is 1.41 bits per heavy atom. The van der Waals surface area contributed by atoms with Crippen LogP contribution in [0.5, 0.6) is 0 Å². The maximum atomic E-state index is 12.6. The summed E-state index contributed by atoms with van der Waals surface area (Å²) < 4.78 is 0. The molecule has 22 heavy (non-hydrogen) atoms. The maximum absolute atomic E-state index is 12.6. The van der Waals surface area contributed by atoms with Crippen LogP contribution in [-0.2, 0) is 9.59 Å². The van der Waals surface area contributed by atoms with Crippen molar-refractivity contribution in [2.24, 2.45) is 0 Å². The minimum absolute atomic E-state index is 0. The Labute approximate surface area is 137 Å². The number of hydrogen-bond donors (Lipinski definition) is 2. The van der Waals surface area contributed by atoms with Gasteiger partial charge >= 0.3 is 6.03 Å². The Morgan fingerprint density at radius 2 is 2.00 bits per heavy atom. The molecule has 0 aromatic rings. The molecule has 0 aromatic heterocycles. The molecule has 1 saturated heterocycles. The van der Waals surface area contributed by atoms with Crippen molar-refractivity contribution >= 4 is 30.3 Å². The van der Waals surface area contributed by atoms with Crippen LogP contribution in [0.15, 0.2) is 0 Å². The largest absolute Gasteiger partial charge is 0.343 e. The summed E-state index contributed by atoms with van der Waals surface area (Å²) >= 11 is 0. The van der Waals surface area contributed by atoms with Gasteiger partial charge in [-0.25, -0.2) is 9.69 Å². The Balaban J connectivity index is 0.00000242. The average molecular weight is 333 g/mol. The molecule has 1 aliphatic carbocycles. The molecule has 4 amide bonds. The van der Waals surface area contributed by atoms with E-state index in [-0.39, 0.29) is 24.2 Å². The third-order valence-electron chi connectivity index (χ3n) is 4.47. The van der Waals surface area contributed by atoms with Crippen LogP contribution < -0.4 is 10.6 Å². The van der Waals surface area contributed by atoms with Crippen molar-refractivity contribution in [2.45, 2.75) is 44.2 Å². The van der Waals surface area contributed by atoms with Crippen LogP contribution in [0.3, 0.4) is 0 Å². The summed E-state index contributed by atoms with van der Waals surface area (Å²) in [6.07, 6.45) is 3.21. The standard InChI is InChI=1S/C14H24N4O3.ClH/c1-10(11(19)17(3)9-8-15-2)18-12(20)14(16-13(18)21)6-4-5-7-14;/h10,15H,4-9H2,1-3H3,(H,16,21);1H. The van der Waals surface area contributed by atoms with Crippen molar-refractivity contribution in [2.75, 3.05) is 27.2 Å². The molecule has 2 aliphatic rings. The van der Waals surface area contributed by atoms with Gasteiger partial charge in [0, 0.05) is 20.1 Å². The first-order chi connectivity index (χ1) is 9.93. The van der Waals surface area contributed by atoms with Crippen LogP contribution in [0.4, 0.5) is 4.79 Å². The molecule has 2 N–H and O–H groups in total. The number of nitrogens with zero attached hydrogens (tertiary/aromatic N) is 2. The van der Waals surface area contributed by atoms with E-state index in [1.165, 1.54) is 0 Å². The van der Waals surface area contributed by atoms with Gasteiger partial charge in [-0.3, -0.25) is 9.59 Å². The zero-order chi connectivity index (χ0) is 15.6. The Kier molecular flexibility index (Phi) is 6.19. The third-order valence-corrected chi connectivity index (χ3v) is 4.47. The molecule has 0 bridgehead atoms. The molecule has 126 valence electrons. The topological polar surface area (TPSA) is 81.8 Å². The minimum Gasteiger partial charge on any atom is -0.343 e. The monoisotopic (exact) mass is 332 g/mol. The molecule has 1 heterocycles. The van der Waals surface area contributed by atoms with Gasteiger partial charge in [0.2, 0.25) is 5.91 Å². The van der Waals surface area contributed by atoms with Crippen LogP contribution in [0, 0.1) is 0 Å². The van der Waals surface area contributed by atoms with Crippen molar-refractivity contribution in [3.8, 4) is 0 Å². The zero-order valence-electron chi connectivity index (χ0n) is 13.3. The summed E-state index contributed by atoms with van der Waals surface area (Å²) in [5.41, 5.74) is -0.755.